The smallest absolute Gasteiger partial charge is 0.261 e. The summed E-state index contributed by atoms with van der Waals surface area (Å²) in [7, 11) is -4.94. The van der Waals surface area contributed by atoms with Crippen molar-refractivity contribution in [2.75, 3.05) is 6.61 Å². The van der Waals surface area contributed by atoms with Gasteiger partial charge < -0.3 is 4.37 Å². The van der Waals surface area contributed by atoms with Gasteiger partial charge in [0, 0.05) is 17.7 Å². The number of benzene rings is 3. The van der Waals surface area contributed by atoms with Gasteiger partial charge in [-0.3, -0.25) is 0 Å². The molecule has 0 aliphatic carbocycles. The monoisotopic (exact) mass is 410 g/mol. The quantitative estimate of drug-likeness (QED) is 0.609. The standard InChI is InChI=1S/C23H19O.ClHO4/c1-4-10-19(11-5-1)21-16-22(20-12-6-2-7-13-20)18-24(17-21)23-14-8-3-9-15-23;2-1(3,4)5/h1-17H,18H2;(H,2,3,4,5)/q+1;/p-1. The van der Waals surface area contributed by atoms with E-state index in [4.69, 9.17) is 18.6 Å². The van der Waals surface area contributed by atoms with Gasteiger partial charge in [-0.2, -0.15) is 0 Å². The molecule has 1 aliphatic rings. The molecule has 1 heterocycles. The molecule has 0 saturated heterocycles. The molecule has 0 amide bonds. The molecule has 0 radical (unpaired) electrons. The first-order valence-electron chi connectivity index (χ1n) is 8.80. The summed E-state index contributed by atoms with van der Waals surface area (Å²) < 4.78 is 37.2. The Morgan fingerprint density at radius 1 is 0.621 bits per heavy atom. The Bertz CT molecular complexity index is 958. The van der Waals surface area contributed by atoms with E-state index in [0.29, 0.717) is 0 Å². The van der Waals surface area contributed by atoms with Gasteiger partial charge in [-0.05, 0) is 17.2 Å². The Morgan fingerprint density at radius 2 is 1.07 bits per heavy atom. The second-order valence-electron chi connectivity index (χ2n) is 6.24. The topological polar surface area (TPSA) is 94.9 Å². The van der Waals surface area contributed by atoms with Crippen LogP contribution in [0.15, 0.2) is 103 Å². The average Bonchev–Trinajstić information content (AvgIpc) is 2.74. The van der Waals surface area contributed by atoms with Crippen molar-refractivity contribution in [2.45, 2.75) is 0 Å². The Kier molecular flexibility index (Phi) is 6.82. The van der Waals surface area contributed by atoms with Crippen LogP contribution in [0.3, 0.4) is 0 Å². The Morgan fingerprint density at radius 3 is 1.59 bits per heavy atom. The third-order valence-electron chi connectivity index (χ3n) is 4.21. The van der Waals surface area contributed by atoms with Crippen LogP contribution in [0.25, 0.3) is 11.1 Å². The van der Waals surface area contributed by atoms with Gasteiger partial charge in [0.25, 0.3) is 5.75 Å². The molecule has 0 aromatic heterocycles. The van der Waals surface area contributed by atoms with Crippen LogP contribution in [0, 0.1) is 10.2 Å². The normalized spacial score (nSPS) is 13.7. The summed E-state index contributed by atoms with van der Waals surface area (Å²) in [5.41, 5.74) is 4.98. The fourth-order valence-electron chi connectivity index (χ4n) is 2.97. The molecule has 0 N–H and O–H groups in total. The van der Waals surface area contributed by atoms with E-state index in [2.05, 4.69) is 102 Å². The van der Waals surface area contributed by atoms with Crippen LogP contribution in [0.4, 0.5) is 0 Å². The molecule has 5 nitrogen and oxygen atoms in total. The van der Waals surface area contributed by atoms with Crippen molar-refractivity contribution >= 4 is 11.1 Å². The molecule has 0 bridgehead atoms. The highest BCUT2D eigenvalue weighted by atomic mass is 35.7. The average molecular weight is 411 g/mol. The van der Waals surface area contributed by atoms with E-state index >= 15 is 0 Å². The van der Waals surface area contributed by atoms with Crippen LogP contribution in [0.2, 0.25) is 0 Å². The van der Waals surface area contributed by atoms with Crippen LogP contribution in [-0.4, -0.2) is 6.61 Å². The van der Waals surface area contributed by atoms with E-state index in [9.17, 15) is 0 Å². The number of hydrogen-bond acceptors (Lipinski definition) is 4. The molecule has 29 heavy (non-hydrogen) atoms. The summed E-state index contributed by atoms with van der Waals surface area (Å²) in [6.45, 7) is 0.796. The van der Waals surface area contributed by atoms with Gasteiger partial charge in [0.2, 0.25) is 12.9 Å². The van der Waals surface area contributed by atoms with E-state index < -0.39 is 10.2 Å². The molecule has 1 aliphatic heterocycles. The highest BCUT2D eigenvalue weighted by Crippen LogP contribution is 2.36. The van der Waals surface area contributed by atoms with Gasteiger partial charge in [-0.15, -0.1) is 10.2 Å². The molecular formula is C23H19ClO5. The summed E-state index contributed by atoms with van der Waals surface area (Å²) in [4.78, 5) is 0. The number of para-hydroxylation sites is 1. The maximum Gasteiger partial charge on any atom is 0.261 e. The Balaban J connectivity index is 0.000000431. The first-order valence-corrected chi connectivity index (χ1v) is 10.0. The fourth-order valence-corrected chi connectivity index (χ4v) is 2.97. The zero-order valence-electron chi connectivity index (χ0n) is 15.4. The maximum absolute atomic E-state index is 8.49. The minimum Gasteiger partial charge on any atom is -0.537 e. The lowest BCUT2D eigenvalue weighted by Gasteiger charge is -2.25. The zero-order valence-corrected chi connectivity index (χ0v) is 16.2. The molecule has 0 spiro atoms. The van der Waals surface area contributed by atoms with E-state index in [1.54, 1.807) is 0 Å². The first kappa shape index (κ1) is 20.8. The number of allylic oxidation sites excluding steroid dienone is 2. The summed E-state index contributed by atoms with van der Waals surface area (Å²) in [5.74, 6) is 1.13. The van der Waals surface area contributed by atoms with Crippen molar-refractivity contribution in [2.24, 2.45) is 0 Å². The van der Waals surface area contributed by atoms with Crippen LogP contribution < -0.4 is 18.6 Å². The third kappa shape index (κ3) is 6.57. The van der Waals surface area contributed by atoms with Gasteiger partial charge in [0.1, 0.15) is 0 Å². The second kappa shape index (κ2) is 9.52. The van der Waals surface area contributed by atoms with Crippen molar-refractivity contribution in [1.82, 2.24) is 0 Å². The predicted octanol–water partition coefficient (Wildman–Crippen LogP) is 1.33. The van der Waals surface area contributed by atoms with Gasteiger partial charge in [0.05, 0.1) is 5.57 Å². The molecule has 6 heteroatoms. The molecule has 0 unspecified atom stereocenters. The first-order chi connectivity index (χ1) is 13.9. The number of hydrogen-bond donors (Lipinski definition) is 0. The minimum atomic E-state index is -4.94. The van der Waals surface area contributed by atoms with Crippen molar-refractivity contribution in [3.8, 4) is 5.75 Å². The Labute approximate surface area is 171 Å². The van der Waals surface area contributed by atoms with Crippen molar-refractivity contribution in [3.63, 3.8) is 0 Å². The van der Waals surface area contributed by atoms with E-state index in [1.807, 2.05) is 6.07 Å². The lowest BCUT2D eigenvalue weighted by Crippen LogP contribution is -2.68. The minimum absolute atomic E-state index is 0.796. The Hall–Kier alpha value is -2.93. The van der Waals surface area contributed by atoms with Crippen molar-refractivity contribution in [3.05, 3.63) is 114 Å². The lowest BCUT2D eigenvalue weighted by atomic mass is 9.98. The molecule has 3 aromatic carbocycles. The molecular weight excluding hydrogens is 392 g/mol. The number of rotatable bonds is 3. The number of halogens is 1. The van der Waals surface area contributed by atoms with Gasteiger partial charge >= 0.3 is 0 Å². The van der Waals surface area contributed by atoms with Gasteiger partial charge in [-0.1, -0.05) is 78.9 Å². The highest BCUT2D eigenvalue weighted by molar-refractivity contribution is 5.85. The molecule has 3 aromatic rings. The van der Waals surface area contributed by atoms with Gasteiger partial charge in [-0.25, -0.2) is 18.6 Å². The van der Waals surface area contributed by atoms with Crippen molar-refractivity contribution < 1.29 is 33.2 Å². The molecule has 0 fully saturated rings. The van der Waals surface area contributed by atoms with Gasteiger partial charge in [0.15, 0.2) is 0 Å². The molecule has 0 atom stereocenters. The largest absolute Gasteiger partial charge is 0.537 e. The predicted molar refractivity (Wildman–Crippen MR) is 101 cm³/mol. The lowest BCUT2D eigenvalue weighted by molar-refractivity contribution is -2.00. The SMILES string of the molecule is C1=C(c2ccccc2)C=C(c2ccccc2)C[O+]1c1ccccc1.[O-][Cl+3]([O-])([O-])[O-]. The molecule has 4 rings (SSSR count). The fraction of sp³-hybridized carbons (Fsp3) is 0.0435. The van der Waals surface area contributed by atoms with Crippen LogP contribution in [0.1, 0.15) is 11.1 Å². The zero-order chi connectivity index (χ0) is 20.7. The summed E-state index contributed by atoms with van der Waals surface area (Å²) in [6, 6.07) is 31.5. The summed E-state index contributed by atoms with van der Waals surface area (Å²) >= 11 is 0. The third-order valence-corrected chi connectivity index (χ3v) is 4.21. The van der Waals surface area contributed by atoms with Crippen LogP contribution in [0.5, 0.6) is 5.75 Å². The molecule has 148 valence electrons. The van der Waals surface area contributed by atoms with E-state index in [0.717, 1.165) is 12.4 Å². The molecule has 0 saturated carbocycles. The second-order valence-corrected chi connectivity index (χ2v) is 6.99. The maximum atomic E-state index is 8.49. The van der Waals surface area contributed by atoms with Crippen LogP contribution >= 0.6 is 0 Å². The highest BCUT2D eigenvalue weighted by Gasteiger charge is 2.21. The van der Waals surface area contributed by atoms with E-state index in [1.165, 1.54) is 22.3 Å². The summed E-state index contributed by atoms with van der Waals surface area (Å²) in [6.07, 6.45) is 4.45. The van der Waals surface area contributed by atoms with Crippen LogP contribution in [-0.2, 0) is 4.37 Å². The van der Waals surface area contributed by atoms with E-state index in [-0.39, 0.29) is 0 Å². The van der Waals surface area contributed by atoms with Crippen molar-refractivity contribution in [1.29, 1.82) is 0 Å². The summed E-state index contributed by atoms with van der Waals surface area (Å²) in [5, 5.41) is 0.